The smallest absolute Gasteiger partial charge is 0.151 e. The van der Waals surface area contributed by atoms with Gasteiger partial charge in [0.05, 0.1) is 18.1 Å². The highest BCUT2D eigenvalue weighted by Crippen LogP contribution is 2.23. The van der Waals surface area contributed by atoms with Crippen molar-refractivity contribution in [3.8, 4) is 0 Å². The molecule has 7 heteroatoms. The second-order valence-electron chi connectivity index (χ2n) is 5.26. The number of hydrogen-bond acceptors (Lipinski definition) is 4. The first-order valence-electron chi connectivity index (χ1n) is 6.78. The minimum absolute atomic E-state index is 0.0653. The van der Waals surface area contributed by atoms with E-state index in [4.69, 9.17) is 16.3 Å². The molecule has 1 saturated heterocycles. The summed E-state index contributed by atoms with van der Waals surface area (Å²) in [5.41, 5.74) is 0.664. The average Bonchev–Trinajstić information content (AvgIpc) is 2.78. The molecule has 0 aliphatic carbocycles. The molecule has 0 amide bonds. The molecule has 1 aliphatic heterocycles. The van der Waals surface area contributed by atoms with Crippen LogP contribution in [0.5, 0.6) is 0 Å². The fourth-order valence-electron chi connectivity index (χ4n) is 2.55. The van der Waals surface area contributed by atoms with Gasteiger partial charge in [-0.2, -0.15) is 0 Å². The van der Waals surface area contributed by atoms with Gasteiger partial charge in [-0.15, -0.1) is 0 Å². The Morgan fingerprint density at radius 1 is 1.48 bits per heavy atom. The number of hydrogen-bond donors (Lipinski definition) is 0. The van der Waals surface area contributed by atoms with Crippen molar-refractivity contribution in [3.63, 3.8) is 0 Å². The predicted octanol–water partition coefficient (Wildman–Crippen LogP) is 2.11. The van der Waals surface area contributed by atoms with Crippen LogP contribution in [0.3, 0.4) is 0 Å². The van der Waals surface area contributed by atoms with Gasteiger partial charge in [0.1, 0.15) is 5.82 Å². The van der Waals surface area contributed by atoms with Crippen LogP contribution in [0, 0.1) is 5.82 Å². The van der Waals surface area contributed by atoms with Gasteiger partial charge in [0.25, 0.3) is 0 Å². The van der Waals surface area contributed by atoms with Gasteiger partial charge in [0.15, 0.2) is 9.84 Å². The molecule has 1 aromatic rings. The molecule has 4 nitrogen and oxygen atoms in total. The molecule has 1 aromatic carbocycles. The zero-order valence-corrected chi connectivity index (χ0v) is 13.5. The Kier molecular flexibility index (Phi) is 5.60. The van der Waals surface area contributed by atoms with Gasteiger partial charge in [-0.3, -0.25) is 4.90 Å². The maximum absolute atomic E-state index is 13.4. The SMILES string of the molecule is COCCN(Cc1cc(F)ccc1Cl)[C@H]1CCS(=O)(=O)C1. The molecule has 118 valence electrons. The molecule has 0 unspecified atom stereocenters. The fraction of sp³-hybridized carbons (Fsp3) is 0.571. The van der Waals surface area contributed by atoms with Gasteiger partial charge < -0.3 is 4.74 Å². The van der Waals surface area contributed by atoms with E-state index in [1.807, 2.05) is 4.90 Å². The molecule has 0 N–H and O–H groups in total. The summed E-state index contributed by atoms with van der Waals surface area (Å²) in [6, 6.07) is 4.16. The first-order chi connectivity index (χ1) is 9.91. The molecular weight excluding hydrogens is 317 g/mol. The zero-order valence-electron chi connectivity index (χ0n) is 11.9. The van der Waals surface area contributed by atoms with Crippen LogP contribution in [-0.2, 0) is 21.1 Å². The average molecular weight is 336 g/mol. The summed E-state index contributed by atoms with van der Waals surface area (Å²) in [5, 5.41) is 0.486. The van der Waals surface area contributed by atoms with E-state index in [2.05, 4.69) is 0 Å². The summed E-state index contributed by atoms with van der Waals surface area (Å²) in [6.07, 6.45) is 0.596. The third kappa shape index (κ3) is 4.64. The van der Waals surface area contributed by atoms with Gasteiger partial charge in [0.2, 0.25) is 0 Å². The molecule has 0 saturated carbocycles. The molecule has 2 rings (SSSR count). The topological polar surface area (TPSA) is 46.6 Å². The largest absolute Gasteiger partial charge is 0.383 e. The zero-order chi connectivity index (χ0) is 15.5. The number of sulfone groups is 1. The van der Waals surface area contributed by atoms with Gasteiger partial charge in [-0.1, -0.05) is 11.6 Å². The Morgan fingerprint density at radius 2 is 2.24 bits per heavy atom. The first kappa shape index (κ1) is 16.7. The quantitative estimate of drug-likeness (QED) is 0.799. The van der Waals surface area contributed by atoms with Crippen LogP contribution in [0.25, 0.3) is 0 Å². The minimum Gasteiger partial charge on any atom is -0.383 e. The Balaban J connectivity index is 2.14. The summed E-state index contributed by atoms with van der Waals surface area (Å²) in [6.45, 7) is 1.49. The Hall–Kier alpha value is -0.690. The van der Waals surface area contributed by atoms with E-state index < -0.39 is 9.84 Å². The summed E-state index contributed by atoms with van der Waals surface area (Å²) < 4.78 is 41.7. The summed E-state index contributed by atoms with van der Waals surface area (Å²) >= 11 is 6.09. The summed E-state index contributed by atoms with van der Waals surface area (Å²) in [4.78, 5) is 2.01. The van der Waals surface area contributed by atoms with Gasteiger partial charge in [-0.25, -0.2) is 12.8 Å². The number of ether oxygens (including phenoxy) is 1. The normalized spacial score (nSPS) is 21.0. The van der Waals surface area contributed by atoms with Crippen molar-refractivity contribution in [2.24, 2.45) is 0 Å². The Bertz CT molecular complexity index is 594. The molecule has 21 heavy (non-hydrogen) atoms. The summed E-state index contributed by atoms with van der Waals surface area (Å²) in [5.74, 6) is 0.00179. The van der Waals surface area contributed by atoms with Crippen molar-refractivity contribution < 1.29 is 17.5 Å². The monoisotopic (exact) mass is 335 g/mol. The number of nitrogens with zero attached hydrogens (tertiary/aromatic N) is 1. The lowest BCUT2D eigenvalue weighted by molar-refractivity contribution is 0.121. The van der Waals surface area contributed by atoms with Crippen LogP contribution in [-0.4, -0.2) is 51.1 Å². The lowest BCUT2D eigenvalue weighted by atomic mass is 10.1. The number of rotatable bonds is 6. The first-order valence-corrected chi connectivity index (χ1v) is 8.98. The van der Waals surface area contributed by atoms with Crippen LogP contribution in [0.2, 0.25) is 5.02 Å². The Morgan fingerprint density at radius 3 is 2.86 bits per heavy atom. The van der Waals surface area contributed by atoms with Gasteiger partial charge in [-0.05, 0) is 30.2 Å². The Labute approximate surface area is 129 Å². The van der Waals surface area contributed by atoms with E-state index in [0.717, 1.165) is 0 Å². The lowest BCUT2D eigenvalue weighted by Crippen LogP contribution is -2.38. The van der Waals surface area contributed by atoms with E-state index in [-0.39, 0.29) is 23.4 Å². The third-order valence-corrected chi connectivity index (χ3v) is 5.81. The van der Waals surface area contributed by atoms with E-state index in [0.29, 0.717) is 36.7 Å². The highest BCUT2D eigenvalue weighted by Gasteiger charge is 2.32. The van der Waals surface area contributed by atoms with Crippen molar-refractivity contribution in [2.45, 2.75) is 19.0 Å². The molecular formula is C14H19ClFNO3S. The third-order valence-electron chi connectivity index (χ3n) is 3.69. The number of methoxy groups -OCH3 is 1. The van der Waals surface area contributed by atoms with Crippen LogP contribution in [0.15, 0.2) is 18.2 Å². The molecule has 1 fully saturated rings. The van der Waals surface area contributed by atoms with Crippen molar-refractivity contribution in [3.05, 3.63) is 34.6 Å². The number of benzene rings is 1. The van der Waals surface area contributed by atoms with Crippen LogP contribution >= 0.6 is 11.6 Å². The van der Waals surface area contributed by atoms with E-state index in [9.17, 15) is 12.8 Å². The highest BCUT2D eigenvalue weighted by atomic mass is 35.5. The van der Waals surface area contributed by atoms with Crippen LogP contribution < -0.4 is 0 Å². The van der Waals surface area contributed by atoms with Gasteiger partial charge in [0, 0.05) is 31.3 Å². The second-order valence-corrected chi connectivity index (χ2v) is 7.89. The molecule has 1 atom stereocenters. The van der Waals surface area contributed by atoms with Gasteiger partial charge >= 0.3 is 0 Å². The van der Waals surface area contributed by atoms with Crippen LogP contribution in [0.1, 0.15) is 12.0 Å². The minimum atomic E-state index is -2.97. The van der Waals surface area contributed by atoms with E-state index in [1.54, 1.807) is 7.11 Å². The fourth-order valence-corrected chi connectivity index (χ4v) is 4.48. The molecule has 0 aromatic heterocycles. The van der Waals surface area contributed by atoms with Crippen molar-refractivity contribution >= 4 is 21.4 Å². The second kappa shape index (κ2) is 7.05. The van der Waals surface area contributed by atoms with Crippen LogP contribution in [0.4, 0.5) is 4.39 Å². The highest BCUT2D eigenvalue weighted by molar-refractivity contribution is 7.91. The molecule has 1 aliphatic rings. The predicted molar refractivity (Wildman–Crippen MR) is 80.8 cm³/mol. The maximum atomic E-state index is 13.4. The standard InChI is InChI=1S/C14H19ClFNO3S/c1-20-6-5-17(13-4-7-21(18,19)10-13)9-11-8-12(16)2-3-14(11)15/h2-3,8,13H,4-7,9-10H2,1H3/t13-/m0/s1. The van der Waals surface area contributed by atoms with Crippen molar-refractivity contribution in [1.82, 2.24) is 4.90 Å². The van der Waals surface area contributed by atoms with E-state index in [1.165, 1.54) is 18.2 Å². The molecule has 1 heterocycles. The van der Waals surface area contributed by atoms with Crippen molar-refractivity contribution in [1.29, 1.82) is 0 Å². The number of halogens is 2. The maximum Gasteiger partial charge on any atom is 0.151 e. The molecule has 0 radical (unpaired) electrons. The molecule has 0 bridgehead atoms. The lowest BCUT2D eigenvalue weighted by Gasteiger charge is -2.28. The van der Waals surface area contributed by atoms with E-state index >= 15 is 0 Å². The molecule has 0 spiro atoms. The van der Waals surface area contributed by atoms with Crippen molar-refractivity contribution in [2.75, 3.05) is 31.8 Å². The summed E-state index contributed by atoms with van der Waals surface area (Å²) in [7, 11) is -1.37.